The number of carbonyl (C=O) groups excluding carboxylic acids is 1. The Morgan fingerprint density at radius 1 is 0.969 bits per heavy atom. The molecule has 4 rings (SSSR count). The van der Waals surface area contributed by atoms with E-state index >= 15 is 0 Å². The molecule has 4 aromatic rings. The predicted octanol–water partition coefficient (Wildman–Crippen LogP) is 5.45. The lowest BCUT2D eigenvalue weighted by atomic mass is 10.2. The van der Waals surface area contributed by atoms with Gasteiger partial charge in [0.15, 0.2) is 11.0 Å². The zero-order valence-corrected chi connectivity index (χ0v) is 18.8. The van der Waals surface area contributed by atoms with E-state index in [2.05, 4.69) is 15.5 Å². The molecule has 0 fully saturated rings. The van der Waals surface area contributed by atoms with Gasteiger partial charge in [0.2, 0.25) is 5.91 Å². The summed E-state index contributed by atoms with van der Waals surface area (Å²) in [5, 5.41) is 12.1. The number of nitrogens with one attached hydrogen (secondary N) is 1. The average molecular weight is 445 g/mol. The molecule has 1 aromatic heterocycles. The Bertz CT molecular complexity index is 1160. The highest BCUT2D eigenvalue weighted by atomic mass is 32.2. The van der Waals surface area contributed by atoms with Crippen molar-refractivity contribution in [2.45, 2.75) is 24.3 Å². The van der Waals surface area contributed by atoms with Crippen molar-refractivity contribution in [3.05, 3.63) is 84.9 Å². The first-order valence-electron chi connectivity index (χ1n) is 10.4. The Morgan fingerprint density at radius 3 is 2.28 bits per heavy atom. The maximum atomic E-state index is 12.8. The van der Waals surface area contributed by atoms with Gasteiger partial charge in [0.05, 0.1) is 11.9 Å². The van der Waals surface area contributed by atoms with Crippen LogP contribution in [0, 0.1) is 0 Å². The molecule has 7 heteroatoms. The molecule has 1 amide bonds. The highest BCUT2D eigenvalue weighted by molar-refractivity contribution is 8.00. The number of hydrogen-bond donors (Lipinski definition) is 1. The molecule has 0 unspecified atom stereocenters. The Kier molecular flexibility index (Phi) is 6.87. The zero-order chi connectivity index (χ0) is 22.3. The molecule has 3 aromatic carbocycles. The molecule has 0 aliphatic rings. The monoisotopic (exact) mass is 444 g/mol. The summed E-state index contributed by atoms with van der Waals surface area (Å²) in [6.07, 6.45) is 0. The van der Waals surface area contributed by atoms with Crippen molar-refractivity contribution in [1.29, 1.82) is 0 Å². The van der Waals surface area contributed by atoms with Crippen molar-refractivity contribution >= 4 is 23.4 Å². The van der Waals surface area contributed by atoms with Gasteiger partial charge in [0.25, 0.3) is 0 Å². The molecule has 6 nitrogen and oxygen atoms in total. The molecule has 1 atom stereocenters. The van der Waals surface area contributed by atoms with E-state index in [1.54, 1.807) is 0 Å². The van der Waals surface area contributed by atoms with Crippen LogP contribution in [0.1, 0.15) is 13.8 Å². The fourth-order valence-electron chi connectivity index (χ4n) is 3.19. The molecular formula is C25H24N4O2S. The second-order valence-corrected chi connectivity index (χ2v) is 8.36. The molecule has 162 valence electrons. The summed E-state index contributed by atoms with van der Waals surface area (Å²) in [6, 6.07) is 27.2. The van der Waals surface area contributed by atoms with Crippen LogP contribution in [0.4, 0.5) is 5.69 Å². The minimum Gasteiger partial charge on any atom is -0.494 e. The smallest absolute Gasteiger partial charge is 0.237 e. The van der Waals surface area contributed by atoms with Crippen LogP contribution in [-0.4, -0.2) is 32.5 Å². The highest BCUT2D eigenvalue weighted by Gasteiger charge is 2.22. The van der Waals surface area contributed by atoms with Gasteiger partial charge in [-0.1, -0.05) is 60.3 Å². The summed E-state index contributed by atoms with van der Waals surface area (Å²) in [4.78, 5) is 12.8. The van der Waals surface area contributed by atoms with Gasteiger partial charge in [0.1, 0.15) is 5.75 Å². The number of rotatable bonds is 8. The van der Waals surface area contributed by atoms with Gasteiger partial charge in [-0.25, -0.2) is 0 Å². The lowest BCUT2D eigenvalue weighted by molar-refractivity contribution is -0.115. The van der Waals surface area contributed by atoms with Gasteiger partial charge in [-0.2, -0.15) is 0 Å². The van der Waals surface area contributed by atoms with Crippen molar-refractivity contribution in [1.82, 2.24) is 14.8 Å². The number of ether oxygens (including phenoxy) is 1. The number of para-hydroxylation sites is 1. The Labute approximate surface area is 191 Å². The van der Waals surface area contributed by atoms with Crippen LogP contribution in [0.3, 0.4) is 0 Å². The van der Waals surface area contributed by atoms with E-state index in [0.717, 1.165) is 28.5 Å². The van der Waals surface area contributed by atoms with Gasteiger partial charge in [-0.3, -0.25) is 9.36 Å². The maximum Gasteiger partial charge on any atom is 0.237 e. The molecule has 0 radical (unpaired) electrons. The summed E-state index contributed by atoms with van der Waals surface area (Å²) < 4.78 is 7.44. The van der Waals surface area contributed by atoms with Crippen LogP contribution >= 0.6 is 11.8 Å². The normalized spacial score (nSPS) is 11.7. The van der Waals surface area contributed by atoms with E-state index in [4.69, 9.17) is 4.74 Å². The zero-order valence-electron chi connectivity index (χ0n) is 17.9. The van der Waals surface area contributed by atoms with Crippen LogP contribution in [0.5, 0.6) is 5.75 Å². The largest absolute Gasteiger partial charge is 0.494 e. The minimum absolute atomic E-state index is 0.108. The van der Waals surface area contributed by atoms with E-state index in [1.807, 2.05) is 103 Å². The van der Waals surface area contributed by atoms with E-state index in [-0.39, 0.29) is 11.2 Å². The summed E-state index contributed by atoms with van der Waals surface area (Å²) in [5.74, 6) is 1.40. The molecule has 0 saturated carbocycles. The third kappa shape index (κ3) is 5.00. The number of nitrogens with zero attached hydrogens (tertiary/aromatic N) is 3. The molecule has 0 aliphatic carbocycles. The molecular weight excluding hydrogens is 420 g/mol. The average Bonchev–Trinajstić information content (AvgIpc) is 3.25. The fraction of sp³-hybridized carbons (Fsp3) is 0.160. The number of benzene rings is 3. The quantitative estimate of drug-likeness (QED) is 0.366. The van der Waals surface area contributed by atoms with Crippen molar-refractivity contribution in [3.63, 3.8) is 0 Å². The summed E-state index contributed by atoms with van der Waals surface area (Å²) in [5.41, 5.74) is 2.63. The molecule has 1 N–H and O–H groups in total. The number of aromatic nitrogens is 3. The maximum absolute atomic E-state index is 12.8. The topological polar surface area (TPSA) is 69.0 Å². The third-order valence-corrected chi connectivity index (χ3v) is 5.81. The number of amides is 1. The number of thioether (sulfide) groups is 1. The van der Waals surface area contributed by atoms with E-state index < -0.39 is 0 Å². The van der Waals surface area contributed by atoms with E-state index in [0.29, 0.717) is 11.8 Å². The van der Waals surface area contributed by atoms with Crippen LogP contribution in [-0.2, 0) is 4.79 Å². The second-order valence-electron chi connectivity index (χ2n) is 7.05. The first kappa shape index (κ1) is 21.6. The third-order valence-electron chi connectivity index (χ3n) is 4.76. The number of anilines is 1. The van der Waals surface area contributed by atoms with Crippen LogP contribution in [0.25, 0.3) is 17.1 Å². The Hall–Kier alpha value is -3.58. The first-order valence-corrected chi connectivity index (χ1v) is 11.3. The van der Waals surface area contributed by atoms with E-state index in [1.165, 1.54) is 11.8 Å². The molecule has 0 saturated heterocycles. The number of hydrogen-bond acceptors (Lipinski definition) is 5. The van der Waals surface area contributed by atoms with Gasteiger partial charge in [-0.15, -0.1) is 10.2 Å². The van der Waals surface area contributed by atoms with Crippen molar-refractivity contribution in [2.75, 3.05) is 11.9 Å². The molecule has 32 heavy (non-hydrogen) atoms. The lowest BCUT2D eigenvalue weighted by Gasteiger charge is -2.14. The van der Waals surface area contributed by atoms with Crippen LogP contribution in [0.15, 0.2) is 90.1 Å². The molecule has 0 bridgehead atoms. The Morgan fingerprint density at radius 2 is 1.62 bits per heavy atom. The van der Waals surface area contributed by atoms with Gasteiger partial charge >= 0.3 is 0 Å². The molecule has 0 spiro atoms. The lowest BCUT2D eigenvalue weighted by Crippen LogP contribution is -2.22. The highest BCUT2D eigenvalue weighted by Crippen LogP contribution is 2.30. The van der Waals surface area contributed by atoms with E-state index in [9.17, 15) is 4.79 Å². The Balaban J connectivity index is 1.55. The van der Waals surface area contributed by atoms with Gasteiger partial charge in [0, 0.05) is 16.9 Å². The summed E-state index contributed by atoms with van der Waals surface area (Å²) in [7, 11) is 0. The SMILES string of the molecule is CCOc1ccc(NC(=O)[C@@H](C)Sc2nnc(-c3ccccc3)n2-c2ccccc2)cc1. The minimum atomic E-state index is -0.378. The summed E-state index contributed by atoms with van der Waals surface area (Å²) in [6.45, 7) is 4.40. The summed E-state index contributed by atoms with van der Waals surface area (Å²) >= 11 is 1.37. The molecule has 0 aliphatic heterocycles. The van der Waals surface area contributed by atoms with Crippen molar-refractivity contribution in [2.24, 2.45) is 0 Å². The fourth-order valence-corrected chi connectivity index (χ4v) is 4.05. The van der Waals surface area contributed by atoms with Crippen LogP contribution < -0.4 is 10.1 Å². The predicted molar refractivity (Wildman–Crippen MR) is 128 cm³/mol. The van der Waals surface area contributed by atoms with Crippen LogP contribution in [0.2, 0.25) is 0 Å². The standard InChI is InChI=1S/C25H24N4O2S/c1-3-31-22-16-14-20(15-17-22)26-24(30)18(2)32-25-28-27-23(19-10-6-4-7-11-19)29(25)21-12-8-5-9-13-21/h4-18H,3H2,1-2H3,(H,26,30)/t18-/m1/s1. The second kappa shape index (κ2) is 10.2. The van der Waals surface area contributed by atoms with Crippen molar-refractivity contribution < 1.29 is 9.53 Å². The molecule has 1 heterocycles. The van der Waals surface area contributed by atoms with Gasteiger partial charge in [-0.05, 0) is 50.2 Å². The van der Waals surface area contributed by atoms with Crippen molar-refractivity contribution in [3.8, 4) is 22.8 Å². The first-order chi connectivity index (χ1) is 15.7. The number of carbonyl (C=O) groups is 1. The van der Waals surface area contributed by atoms with Gasteiger partial charge < -0.3 is 10.1 Å².